The fourth-order valence-corrected chi connectivity index (χ4v) is 4.51. The van der Waals surface area contributed by atoms with Crippen LogP contribution in [-0.4, -0.2) is 14.4 Å². The van der Waals surface area contributed by atoms with E-state index >= 15 is 0 Å². The summed E-state index contributed by atoms with van der Waals surface area (Å²) in [5.41, 5.74) is 3.85. The molecule has 0 aliphatic heterocycles. The van der Waals surface area contributed by atoms with Gasteiger partial charge in [0.25, 0.3) is 10.0 Å². The number of allylic oxidation sites excluding steroid dienone is 4. The van der Waals surface area contributed by atoms with Crippen molar-refractivity contribution in [2.75, 3.05) is 0 Å². The number of hydrogen-bond donors (Lipinski definition) is 2. The summed E-state index contributed by atoms with van der Waals surface area (Å²) in [7, 11) is -3.98. The van der Waals surface area contributed by atoms with Gasteiger partial charge >= 0.3 is 6.03 Å². The second kappa shape index (κ2) is 8.31. The molecule has 0 aromatic heterocycles. The first kappa shape index (κ1) is 19.7. The Labute approximate surface area is 165 Å². The molecule has 0 bridgehead atoms. The van der Waals surface area contributed by atoms with Crippen LogP contribution in [0.25, 0.3) is 0 Å². The van der Waals surface area contributed by atoms with Gasteiger partial charge in [-0.05, 0) is 85.9 Å². The normalized spacial score (nSPS) is 20.0. The summed E-state index contributed by atoms with van der Waals surface area (Å²) >= 11 is 5.79. The van der Waals surface area contributed by atoms with Crippen molar-refractivity contribution in [2.45, 2.75) is 49.8 Å². The van der Waals surface area contributed by atoms with Crippen LogP contribution in [0.5, 0.6) is 0 Å². The van der Waals surface area contributed by atoms with Crippen LogP contribution in [0, 0.1) is 0 Å². The van der Waals surface area contributed by atoms with Gasteiger partial charge in [-0.1, -0.05) is 24.3 Å². The minimum atomic E-state index is -3.98. The van der Waals surface area contributed by atoms with Crippen LogP contribution in [-0.2, 0) is 10.0 Å². The van der Waals surface area contributed by atoms with Crippen molar-refractivity contribution in [3.05, 3.63) is 64.4 Å². The second-order valence-corrected chi connectivity index (χ2v) is 8.92. The maximum atomic E-state index is 12.5. The smallest absolute Gasteiger partial charge is 0.307 e. The molecule has 1 fully saturated rings. The average molecular weight is 407 g/mol. The molecule has 2 N–H and O–H groups in total. The zero-order chi connectivity index (χ0) is 19.4. The van der Waals surface area contributed by atoms with E-state index in [1.807, 2.05) is 0 Å². The highest BCUT2D eigenvalue weighted by atomic mass is 35.5. The standard InChI is InChI=1S/C20H23ClN2O3S/c1-14-6-3-2-4-7-15-8-5-9-18(15)19(14)22-20(24)23-27(25,26)17-12-10-16(21)11-13-17/h7,10-13H,1-6,8-9H2,(H2,22,23,24)/b15-7-,19-18?. The van der Waals surface area contributed by atoms with E-state index in [1.54, 1.807) is 0 Å². The number of hydrogen-bond acceptors (Lipinski definition) is 3. The van der Waals surface area contributed by atoms with Crippen molar-refractivity contribution in [3.63, 3.8) is 0 Å². The van der Waals surface area contributed by atoms with Crippen LogP contribution in [0.3, 0.4) is 0 Å². The molecule has 2 aliphatic carbocycles. The van der Waals surface area contributed by atoms with Crippen molar-refractivity contribution >= 4 is 27.7 Å². The third-order valence-corrected chi connectivity index (χ3v) is 6.43. The third kappa shape index (κ3) is 4.82. The molecule has 1 aromatic carbocycles. The maximum Gasteiger partial charge on any atom is 0.333 e. The monoisotopic (exact) mass is 406 g/mol. The van der Waals surface area contributed by atoms with Crippen LogP contribution in [0.15, 0.2) is 64.2 Å². The molecule has 2 aliphatic rings. The van der Waals surface area contributed by atoms with Crippen LogP contribution in [0.2, 0.25) is 5.02 Å². The predicted octanol–water partition coefficient (Wildman–Crippen LogP) is 4.82. The molecule has 0 saturated heterocycles. The van der Waals surface area contributed by atoms with Gasteiger partial charge in [-0.25, -0.2) is 17.9 Å². The molecule has 2 amide bonds. The van der Waals surface area contributed by atoms with E-state index in [1.165, 1.54) is 29.8 Å². The van der Waals surface area contributed by atoms with Crippen LogP contribution < -0.4 is 10.0 Å². The number of fused-ring (bicyclic) bond motifs is 1. The third-order valence-electron chi connectivity index (χ3n) is 4.83. The second-order valence-electron chi connectivity index (χ2n) is 6.80. The maximum absolute atomic E-state index is 12.5. The molecule has 27 heavy (non-hydrogen) atoms. The largest absolute Gasteiger partial charge is 0.333 e. The number of rotatable bonds is 3. The zero-order valence-corrected chi connectivity index (χ0v) is 16.6. The zero-order valence-electron chi connectivity index (χ0n) is 15.1. The fraction of sp³-hybridized carbons (Fsp3) is 0.350. The summed E-state index contributed by atoms with van der Waals surface area (Å²) < 4.78 is 26.9. The molecule has 0 radical (unpaired) electrons. The highest BCUT2D eigenvalue weighted by Gasteiger charge is 2.24. The molecule has 0 atom stereocenters. The van der Waals surface area contributed by atoms with Gasteiger partial charge in [-0.2, -0.15) is 0 Å². The minimum absolute atomic E-state index is 0.0190. The summed E-state index contributed by atoms with van der Waals surface area (Å²) in [4.78, 5) is 12.4. The van der Waals surface area contributed by atoms with Crippen LogP contribution in [0.4, 0.5) is 4.79 Å². The molecule has 0 spiro atoms. The number of carbonyl (C=O) groups excluding carboxylic acids is 1. The lowest BCUT2D eigenvalue weighted by Gasteiger charge is -2.17. The molecular formula is C20H23ClN2O3S. The predicted molar refractivity (Wildman–Crippen MR) is 107 cm³/mol. The van der Waals surface area contributed by atoms with E-state index in [0.717, 1.165) is 56.1 Å². The highest BCUT2D eigenvalue weighted by Crippen LogP contribution is 2.36. The van der Waals surface area contributed by atoms with Gasteiger partial charge in [0.05, 0.1) is 4.90 Å². The number of sulfonamides is 1. The molecule has 0 heterocycles. The van der Waals surface area contributed by atoms with E-state index in [4.69, 9.17) is 11.6 Å². The summed E-state index contributed by atoms with van der Waals surface area (Å²) in [6.45, 7) is 4.13. The quantitative estimate of drug-likeness (QED) is 0.755. The first-order valence-corrected chi connectivity index (χ1v) is 10.9. The molecule has 3 rings (SSSR count). The van der Waals surface area contributed by atoms with Gasteiger partial charge in [-0.15, -0.1) is 0 Å². The Kier molecular flexibility index (Phi) is 6.07. The Morgan fingerprint density at radius 2 is 1.78 bits per heavy atom. The first-order valence-electron chi connectivity index (χ1n) is 9.07. The summed E-state index contributed by atoms with van der Waals surface area (Å²) in [5, 5.41) is 3.18. The Bertz CT molecular complexity index is 915. The summed E-state index contributed by atoms with van der Waals surface area (Å²) in [6, 6.07) is 4.87. The first-order chi connectivity index (χ1) is 12.9. The van der Waals surface area contributed by atoms with E-state index in [9.17, 15) is 13.2 Å². The Morgan fingerprint density at radius 3 is 2.52 bits per heavy atom. The van der Waals surface area contributed by atoms with Gasteiger partial charge in [0.2, 0.25) is 0 Å². The number of urea groups is 1. The minimum Gasteiger partial charge on any atom is -0.307 e. The summed E-state index contributed by atoms with van der Waals surface area (Å²) in [6.07, 6.45) is 9.00. The number of amides is 2. The molecule has 5 nitrogen and oxygen atoms in total. The van der Waals surface area contributed by atoms with E-state index in [2.05, 4.69) is 22.7 Å². The Morgan fingerprint density at radius 1 is 1.04 bits per heavy atom. The van der Waals surface area contributed by atoms with Crippen molar-refractivity contribution < 1.29 is 13.2 Å². The number of halogens is 1. The molecule has 1 saturated carbocycles. The van der Waals surface area contributed by atoms with Crippen molar-refractivity contribution in [3.8, 4) is 0 Å². The highest BCUT2D eigenvalue weighted by molar-refractivity contribution is 7.90. The van der Waals surface area contributed by atoms with Gasteiger partial charge in [-0.3, -0.25) is 0 Å². The lowest BCUT2D eigenvalue weighted by atomic mass is 10.0. The van der Waals surface area contributed by atoms with Crippen molar-refractivity contribution in [1.82, 2.24) is 10.0 Å². The molecule has 1 aromatic rings. The van der Waals surface area contributed by atoms with E-state index in [0.29, 0.717) is 10.7 Å². The number of nitrogens with one attached hydrogen (secondary N) is 2. The lowest BCUT2D eigenvalue weighted by Crippen LogP contribution is -2.39. The van der Waals surface area contributed by atoms with E-state index < -0.39 is 16.1 Å². The SMILES string of the molecule is C=C1CCCC/C=C2/CCCC2=C1NC(=O)NS(=O)(=O)c1ccc(Cl)cc1. The van der Waals surface area contributed by atoms with Gasteiger partial charge in [0, 0.05) is 10.7 Å². The molecule has 7 heteroatoms. The summed E-state index contributed by atoms with van der Waals surface area (Å²) in [5.74, 6) is 0. The average Bonchev–Trinajstić information content (AvgIpc) is 3.08. The molecule has 144 valence electrons. The Balaban J connectivity index is 1.81. The van der Waals surface area contributed by atoms with Crippen molar-refractivity contribution in [1.29, 1.82) is 0 Å². The number of carbonyl (C=O) groups is 1. The van der Waals surface area contributed by atoms with Gasteiger partial charge in [0.15, 0.2) is 0 Å². The van der Waals surface area contributed by atoms with Gasteiger partial charge < -0.3 is 5.32 Å². The van der Waals surface area contributed by atoms with Crippen LogP contribution in [0.1, 0.15) is 44.9 Å². The Hall–Kier alpha value is -2.05. The van der Waals surface area contributed by atoms with Crippen molar-refractivity contribution in [2.24, 2.45) is 0 Å². The van der Waals surface area contributed by atoms with Gasteiger partial charge in [0.1, 0.15) is 0 Å². The molecule has 0 unspecified atom stereocenters. The van der Waals surface area contributed by atoms with E-state index in [-0.39, 0.29) is 4.90 Å². The molecular weight excluding hydrogens is 384 g/mol. The topological polar surface area (TPSA) is 75.3 Å². The fourth-order valence-electron chi connectivity index (χ4n) is 3.47. The number of benzene rings is 1. The van der Waals surface area contributed by atoms with Crippen LogP contribution >= 0.6 is 11.6 Å². The lowest BCUT2D eigenvalue weighted by molar-refractivity contribution is 0.248.